The van der Waals surface area contributed by atoms with Crippen molar-refractivity contribution in [1.29, 1.82) is 0 Å². The molecule has 0 spiro atoms. The lowest BCUT2D eigenvalue weighted by molar-refractivity contribution is 0.401. The molecule has 0 aliphatic carbocycles. The average Bonchev–Trinajstić information content (AvgIpc) is 2.82. The fourth-order valence-electron chi connectivity index (χ4n) is 4.36. The van der Waals surface area contributed by atoms with Crippen LogP contribution < -0.4 is 10.2 Å². The van der Waals surface area contributed by atoms with Crippen molar-refractivity contribution in [1.82, 2.24) is 9.97 Å². The van der Waals surface area contributed by atoms with E-state index in [-0.39, 0.29) is 0 Å². The smallest absolute Gasteiger partial charge is 0.227 e. The van der Waals surface area contributed by atoms with Gasteiger partial charge in [-0.2, -0.15) is 4.98 Å². The van der Waals surface area contributed by atoms with Crippen molar-refractivity contribution in [3.63, 3.8) is 0 Å². The third-order valence-corrected chi connectivity index (χ3v) is 6.17. The maximum Gasteiger partial charge on any atom is 0.227 e. The minimum atomic E-state index is 0.726. The van der Waals surface area contributed by atoms with E-state index in [4.69, 9.17) is 9.97 Å². The van der Waals surface area contributed by atoms with E-state index in [1.165, 1.54) is 24.0 Å². The van der Waals surface area contributed by atoms with Crippen LogP contribution in [0.3, 0.4) is 0 Å². The number of aromatic nitrogens is 2. The van der Waals surface area contributed by atoms with Crippen LogP contribution in [0.25, 0.3) is 10.9 Å². The summed E-state index contributed by atoms with van der Waals surface area (Å²) in [6.07, 6.45) is 3.51. The molecule has 1 aliphatic heterocycles. The molecule has 1 aromatic heterocycles. The third-order valence-electron chi connectivity index (χ3n) is 6.17. The highest BCUT2D eigenvalue weighted by Crippen LogP contribution is 2.29. The lowest BCUT2D eigenvalue weighted by atomic mass is 9.90. The molecule has 0 bridgehead atoms. The van der Waals surface area contributed by atoms with Crippen LogP contribution in [0.2, 0.25) is 0 Å². The van der Waals surface area contributed by atoms with Gasteiger partial charge in [0.1, 0.15) is 5.82 Å². The summed E-state index contributed by atoms with van der Waals surface area (Å²) < 4.78 is 0. The zero-order valence-corrected chi connectivity index (χ0v) is 18.0. The first kappa shape index (κ1) is 19.6. The second-order valence-electron chi connectivity index (χ2n) is 8.50. The number of nitrogens with one attached hydrogen (secondary N) is 1. The van der Waals surface area contributed by atoms with E-state index >= 15 is 0 Å². The Labute approximate surface area is 184 Å². The maximum absolute atomic E-state index is 4.96. The van der Waals surface area contributed by atoms with Crippen LogP contribution in [0.1, 0.15) is 24.0 Å². The molecule has 4 nitrogen and oxygen atoms in total. The number of aryl methyl sites for hydroxylation is 1. The molecule has 3 aromatic carbocycles. The van der Waals surface area contributed by atoms with Gasteiger partial charge in [-0.25, -0.2) is 4.98 Å². The summed E-state index contributed by atoms with van der Waals surface area (Å²) in [5.41, 5.74) is 4.71. The van der Waals surface area contributed by atoms with Crippen molar-refractivity contribution in [2.24, 2.45) is 5.92 Å². The lowest BCUT2D eigenvalue weighted by Crippen LogP contribution is -2.35. The van der Waals surface area contributed by atoms with Crippen LogP contribution in [0, 0.1) is 12.8 Å². The first-order valence-electron chi connectivity index (χ1n) is 11.1. The largest absolute Gasteiger partial charge is 0.341 e. The van der Waals surface area contributed by atoms with E-state index in [9.17, 15) is 0 Å². The average molecular weight is 409 g/mol. The molecule has 1 saturated heterocycles. The highest BCUT2D eigenvalue weighted by molar-refractivity contribution is 5.91. The van der Waals surface area contributed by atoms with Crippen molar-refractivity contribution in [3.05, 3.63) is 90.0 Å². The first-order chi connectivity index (χ1) is 15.2. The second kappa shape index (κ2) is 8.76. The van der Waals surface area contributed by atoms with Crippen LogP contribution in [0.4, 0.5) is 17.5 Å². The number of benzene rings is 3. The van der Waals surface area contributed by atoms with E-state index in [2.05, 4.69) is 83.9 Å². The number of hydrogen-bond acceptors (Lipinski definition) is 4. The number of fused-ring (bicyclic) bond motifs is 1. The van der Waals surface area contributed by atoms with Gasteiger partial charge in [-0.3, -0.25) is 0 Å². The van der Waals surface area contributed by atoms with Gasteiger partial charge in [0.15, 0.2) is 0 Å². The third kappa shape index (κ3) is 4.53. The molecule has 4 heteroatoms. The van der Waals surface area contributed by atoms with Gasteiger partial charge >= 0.3 is 0 Å². The van der Waals surface area contributed by atoms with Crippen molar-refractivity contribution in [2.45, 2.75) is 26.2 Å². The number of rotatable bonds is 5. The molecule has 31 heavy (non-hydrogen) atoms. The highest BCUT2D eigenvalue weighted by atomic mass is 15.3. The molecule has 0 unspecified atom stereocenters. The number of nitrogens with zero attached hydrogens (tertiary/aromatic N) is 3. The normalized spacial score (nSPS) is 14.7. The van der Waals surface area contributed by atoms with Gasteiger partial charge in [0.05, 0.1) is 5.52 Å². The predicted molar refractivity (Wildman–Crippen MR) is 129 cm³/mol. The number of para-hydroxylation sites is 1. The van der Waals surface area contributed by atoms with Crippen molar-refractivity contribution in [3.8, 4) is 0 Å². The molecule has 1 aliphatic rings. The Kier molecular flexibility index (Phi) is 5.53. The molecule has 1 fully saturated rings. The Morgan fingerprint density at radius 1 is 0.839 bits per heavy atom. The van der Waals surface area contributed by atoms with Gasteiger partial charge in [-0.1, -0.05) is 60.2 Å². The van der Waals surface area contributed by atoms with Gasteiger partial charge in [-0.15, -0.1) is 0 Å². The SMILES string of the molecule is Cc1ccc(Nc2nc(N3CCC(Cc4ccccc4)CC3)nc3ccccc23)cc1. The van der Waals surface area contributed by atoms with Gasteiger partial charge in [-0.05, 0) is 61.9 Å². The summed E-state index contributed by atoms with van der Waals surface area (Å²) in [6, 6.07) is 27.5. The Balaban J connectivity index is 1.36. The van der Waals surface area contributed by atoms with Crippen molar-refractivity contribution in [2.75, 3.05) is 23.3 Å². The molecule has 0 saturated carbocycles. The van der Waals surface area contributed by atoms with E-state index in [0.717, 1.165) is 53.8 Å². The highest BCUT2D eigenvalue weighted by Gasteiger charge is 2.22. The van der Waals surface area contributed by atoms with Crippen LogP contribution in [0.5, 0.6) is 0 Å². The van der Waals surface area contributed by atoms with E-state index in [1.807, 2.05) is 12.1 Å². The predicted octanol–water partition coefficient (Wildman–Crippen LogP) is 6.14. The quantitative estimate of drug-likeness (QED) is 0.431. The van der Waals surface area contributed by atoms with Crippen LogP contribution in [-0.2, 0) is 6.42 Å². The first-order valence-corrected chi connectivity index (χ1v) is 11.1. The standard InChI is InChI=1S/C27H28N4/c1-20-11-13-23(14-12-20)28-26-24-9-5-6-10-25(24)29-27(30-26)31-17-15-22(16-18-31)19-21-7-3-2-4-8-21/h2-14,22H,15-19H2,1H3,(H,28,29,30). The fourth-order valence-corrected chi connectivity index (χ4v) is 4.36. The summed E-state index contributed by atoms with van der Waals surface area (Å²) in [6.45, 7) is 4.10. The molecule has 1 N–H and O–H groups in total. The minimum absolute atomic E-state index is 0.726. The molecule has 0 amide bonds. The van der Waals surface area contributed by atoms with Crippen molar-refractivity contribution < 1.29 is 0 Å². The zero-order chi connectivity index (χ0) is 21.0. The van der Waals surface area contributed by atoms with Gasteiger partial charge in [0.25, 0.3) is 0 Å². The molecular formula is C27H28N4. The number of anilines is 3. The minimum Gasteiger partial charge on any atom is -0.341 e. The summed E-state index contributed by atoms with van der Waals surface area (Å²) >= 11 is 0. The molecule has 4 aromatic rings. The Morgan fingerprint density at radius 2 is 1.55 bits per heavy atom. The molecule has 0 radical (unpaired) electrons. The molecule has 2 heterocycles. The Bertz CT molecular complexity index is 1150. The van der Waals surface area contributed by atoms with Gasteiger partial charge < -0.3 is 10.2 Å². The maximum atomic E-state index is 4.96. The molecular weight excluding hydrogens is 380 g/mol. The fraction of sp³-hybridized carbons (Fsp3) is 0.259. The van der Waals surface area contributed by atoms with E-state index in [0.29, 0.717) is 0 Å². The summed E-state index contributed by atoms with van der Waals surface area (Å²) in [5, 5.41) is 4.56. The number of hydrogen-bond donors (Lipinski definition) is 1. The second-order valence-corrected chi connectivity index (χ2v) is 8.50. The lowest BCUT2D eigenvalue weighted by Gasteiger charge is -2.32. The summed E-state index contributed by atoms with van der Waals surface area (Å²) in [4.78, 5) is 12.2. The van der Waals surface area contributed by atoms with Crippen molar-refractivity contribution >= 4 is 28.4 Å². The van der Waals surface area contributed by atoms with Gasteiger partial charge in [0.2, 0.25) is 5.95 Å². The molecule has 5 rings (SSSR count). The van der Waals surface area contributed by atoms with E-state index < -0.39 is 0 Å². The molecule has 0 atom stereocenters. The van der Waals surface area contributed by atoms with Crippen LogP contribution in [-0.4, -0.2) is 23.1 Å². The van der Waals surface area contributed by atoms with Crippen LogP contribution in [0.15, 0.2) is 78.9 Å². The number of piperidine rings is 1. The zero-order valence-electron chi connectivity index (χ0n) is 18.0. The summed E-state index contributed by atoms with van der Waals surface area (Å²) in [5.74, 6) is 2.42. The van der Waals surface area contributed by atoms with E-state index in [1.54, 1.807) is 0 Å². The Hall–Kier alpha value is -3.40. The topological polar surface area (TPSA) is 41.1 Å². The molecule has 156 valence electrons. The van der Waals surface area contributed by atoms with Gasteiger partial charge in [0, 0.05) is 24.2 Å². The Morgan fingerprint density at radius 3 is 2.32 bits per heavy atom. The van der Waals surface area contributed by atoms with Crippen LogP contribution >= 0.6 is 0 Å². The monoisotopic (exact) mass is 408 g/mol. The summed E-state index contributed by atoms with van der Waals surface area (Å²) in [7, 11) is 0.